The molecule has 0 amide bonds. The first kappa shape index (κ1) is 5.63. The van der Waals surface area contributed by atoms with Gasteiger partial charge in [-0.3, -0.25) is 0 Å². The van der Waals surface area contributed by atoms with E-state index in [0.717, 1.165) is 24.3 Å². The quantitative estimate of drug-likeness (QED) is 0.550. The van der Waals surface area contributed by atoms with Gasteiger partial charge in [-0.25, -0.2) is 0 Å². The largest absolute Gasteiger partial charge is 0.416 e. The first-order chi connectivity index (χ1) is 5.91. The second-order valence-corrected chi connectivity index (χ2v) is 2.12. The van der Waals surface area contributed by atoms with E-state index >= 15 is 0 Å². The molecule has 0 nitrogen and oxygen atoms in total. The van der Waals surface area contributed by atoms with Crippen molar-refractivity contribution in [3.63, 3.8) is 0 Å². The first-order valence-corrected chi connectivity index (χ1v) is 2.93. The Balaban J connectivity index is 2.94. The molecule has 0 fully saturated rings. The van der Waals surface area contributed by atoms with Crippen molar-refractivity contribution < 1.29 is 15.9 Å². The van der Waals surface area contributed by atoms with Crippen molar-refractivity contribution in [1.82, 2.24) is 0 Å². The van der Waals surface area contributed by atoms with E-state index in [1.54, 1.807) is 0 Å². The van der Waals surface area contributed by atoms with E-state index in [0.29, 0.717) is 0 Å². The standard InChI is InChI=1S/C8H7F3/c1-6-2-4-7(5-3-6)8(9,10)11/h2-5H,1H3/i1D2. The van der Waals surface area contributed by atoms with Gasteiger partial charge >= 0.3 is 6.18 Å². The number of aryl methyl sites for hydroxylation is 1. The molecular weight excluding hydrogens is 153 g/mol. The Morgan fingerprint density at radius 3 is 2.09 bits per heavy atom. The van der Waals surface area contributed by atoms with Crippen LogP contribution in [0.3, 0.4) is 0 Å². The molecule has 0 bridgehead atoms. The molecule has 1 rings (SSSR count). The van der Waals surface area contributed by atoms with Crippen LogP contribution in [0.4, 0.5) is 13.2 Å². The van der Waals surface area contributed by atoms with Crippen LogP contribution in [-0.4, -0.2) is 0 Å². The highest BCUT2D eigenvalue weighted by molar-refractivity contribution is 5.23. The van der Waals surface area contributed by atoms with Crippen molar-refractivity contribution >= 4 is 0 Å². The molecular formula is C8H7F3. The highest BCUT2D eigenvalue weighted by atomic mass is 19.4. The van der Waals surface area contributed by atoms with Gasteiger partial charge in [-0.2, -0.15) is 13.2 Å². The molecule has 0 heterocycles. The number of alkyl halides is 3. The van der Waals surface area contributed by atoms with E-state index in [2.05, 4.69) is 0 Å². The Kier molecular flexibility index (Phi) is 1.31. The zero-order valence-corrected chi connectivity index (χ0v) is 5.52. The van der Waals surface area contributed by atoms with Gasteiger partial charge in [0.2, 0.25) is 0 Å². The summed E-state index contributed by atoms with van der Waals surface area (Å²) in [6, 6.07) is 4.05. The number of hydrogen-bond acceptors (Lipinski definition) is 0. The van der Waals surface area contributed by atoms with Gasteiger partial charge in [-0.1, -0.05) is 17.7 Å². The van der Waals surface area contributed by atoms with Gasteiger partial charge in [0.05, 0.1) is 5.56 Å². The summed E-state index contributed by atoms with van der Waals surface area (Å²) in [5.41, 5.74) is -0.495. The molecule has 0 unspecified atom stereocenters. The van der Waals surface area contributed by atoms with Gasteiger partial charge in [0.25, 0.3) is 0 Å². The van der Waals surface area contributed by atoms with E-state index in [1.165, 1.54) is 0 Å². The third kappa shape index (κ3) is 1.97. The van der Waals surface area contributed by atoms with E-state index in [-0.39, 0.29) is 5.56 Å². The number of halogens is 3. The Labute approximate surface area is 65.5 Å². The zero-order chi connectivity index (χ0) is 10.1. The summed E-state index contributed by atoms with van der Waals surface area (Å²) >= 11 is 0. The fourth-order valence-corrected chi connectivity index (χ4v) is 0.672. The highest BCUT2D eigenvalue weighted by Gasteiger charge is 2.29. The molecule has 0 aromatic heterocycles. The monoisotopic (exact) mass is 162 g/mol. The normalized spacial score (nSPS) is 14.5. The van der Waals surface area contributed by atoms with Crippen LogP contribution < -0.4 is 0 Å². The molecule has 0 radical (unpaired) electrons. The molecule has 0 atom stereocenters. The molecule has 1 aromatic rings. The molecule has 0 aliphatic rings. The summed E-state index contributed by atoms with van der Waals surface area (Å²) in [5.74, 6) is 0. The summed E-state index contributed by atoms with van der Waals surface area (Å²) in [6.07, 6.45) is -4.35. The lowest BCUT2D eigenvalue weighted by atomic mass is 10.1. The van der Waals surface area contributed by atoms with Gasteiger partial charge in [0, 0.05) is 2.74 Å². The van der Waals surface area contributed by atoms with Crippen LogP contribution in [0.15, 0.2) is 24.3 Å². The van der Waals surface area contributed by atoms with Crippen LogP contribution in [0.25, 0.3) is 0 Å². The maximum Gasteiger partial charge on any atom is 0.416 e. The second-order valence-electron chi connectivity index (χ2n) is 2.12. The van der Waals surface area contributed by atoms with Gasteiger partial charge in [0.15, 0.2) is 0 Å². The fraction of sp³-hybridized carbons (Fsp3) is 0.250. The predicted molar refractivity (Wildman–Crippen MR) is 36.2 cm³/mol. The van der Waals surface area contributed by atoms with E-state index < -0.39 is 18.6 Å². The third-order valence-electron chi connectivity index (χ3n) is 1.24. The molecule has 0 spiro atoms. The summed E-state index contributed by atoms with van der Waals surface area (Å²) in [7, 11) is 0. The molecule has 11 heavy (non-hydrogen) atoms. The molecule has 3 heteroatoms. The molecule has 0 aliphatic carbocycles. The lowest BCUT2D eigenvalue weighted by molar-refractivity contribution is -0.137. The molecule has 1 aromatic carbocycles. The lowest BCUT2D eigenvalue weighted by Gasteiger charge is -2.05. The van der Waals surface area contributed by atoms with Crippen LogP contribution in [0.5, 0.6) is 0 Å². The Hall–Kier alpha value is -0.990. The van der Waals surface area contributed by atoms with Crippen molar-refractivity contribution in [1.29, 1.82) is 0 Å². The number of benzene rings is 1. The van der Waals surface area contributed by atoms with Crippen LogP contribution in [0.1, 0.15) is 13.9 Å². The number of rotatable bonds is 0. The van der Waals surface area contributed by atoms with Crippen LogP contribution in [0, 0.1) is 6.88 Å². The molecule has 60 valence electrons. The minimum atomic E-state index is -4.35. The average molecular weight is 162 g/mol. The first-order valence-electron chi connectivity index (χ1n) is 4.08. The zero-order valence-electron chi connectivity index (χ0n) is 7.52. The Morgan fingerprint density at radius 1 is 1.18 bits per heavy atom. The maximum atomic E-state index is 12.0. The highest BCUT2D eigenvalue weighted by Crippen LogP contribution is 2.28. The topological polar surface area (TPSA) is 0 Å². The summed E-state index contributed by atoms with van der Waals surface area (Å²) in [4.78, 5) is 0. The SMILES string of the molecule is [2H]C([2H])c1ccc(C(F)(F)F)cc1. The maximum absolute atomic E-state index is 12.0. The van der Waals surface area contributed by atoms with Crippen LogP contribution >= 0.6 is 0 Å². The van der Waals surface area contributed by atoms with E-state index in [9.17, 15) is 13.2 Å². The number of hydrogen-bond donors (Lipinski definition) is 0. The minimum absolute atomic E-state index is 0.257. The van der Waals surface area contributed by atoms with Crippen molar-refractivity contribution in [3.05, 3.63) is 35.4 Å². The molecule has 0 N–H and O–H groups in total. The van der Waals surface area contributed by atoms with Crippen LogP contribution in [-0.2, 0) is 6.18 Å². The average Bonchev–Trinajstić information content (AvgIpc) is 2.03. The molecule has 0 saturated heterocycles. The van der Waals surface area contributed by atoms with Crippen molar-refractivity contribution in [2.75, 3.05) is 0 Å². The Morgan fingerprint density at radius 2 is 1.73 bits per heavy atom. The third-order valence-corrected chi connectivity index (χ3v) is 1.24. The van der Waals surface area contributed by atoms with Gasteiger partial charge in [-0.05, 0) is 19.0 Å². The van der Waals surface area contributed by atoms with Gasteiger partial charge in [-0.15, -0.1) is 0 Å². The second kappa shape index (κ2) is 2.57. The van der Waals surface area contributed by atoms with Crippen molar-refractivity contribution in [2.45, 2.75) is 13.1 Å². The van der Waals surface area contributed by atoms with Crippen molar-refractivity contribution in [3.8, 4) is 0 Å². The van der Waals surface area contributed by atoms with Crippen LogP contribution in [0.2, 0.25) is 0 Å². The minimum Gasteiger partial charge on any atom is -0.166 e. The molecule has 0 saturated carbocycles. The summed E-state index contributed by atoms with van der Waals surface area (Å²) in [5, 5.41) is 0. The fourth-order valence-electron chi connectivity index (χ4n) is 0.672. The summed E-state index contributed by atoms with van der Waals surface area (Å²) < 4.78 is 49.9. The smallest absolute Gasteiger partial charge is 0.166 e. The van der Waals surface area contributed by atoms with Gasteiger partial charge in [0.1, 0.15) is 0 Å². The van der Waals surface area contributed by atoms with Gasteiger partial charge < -0.3 is 0 Å². The summed E-state index contributed by atoms with van der Waals surface area (Å²) in [6.45, 7) is -1.23. The lowest BCUT2D eigenvalue weighted by Crippen LogP contribution is -2.03. The Bertz CT molecular complexity index is 276. The predicted octanol–water partition coefficient (Wildman–Crippen LogP) is 3.01. The van der Waals surface area contributed by atoms with E-state index in [1.807, 2.05) is 0 Å². The molecule has 0 aliphatic heterocycles. The van der Waals surface area contributed by atoms with E-state index in [4.69, 9.17) is 2.74 Å². The van der Waals surface area contributed by atoms with Crippen molar-refractivity contribution in [2.24, 2.45) is 0 Å².